The van der Waals surface area contributed by atoms with Crippen molar-refractivity contribution in [3.05, 3.63) is 29.7 Å². The predicted molar refractivity (Wildman–Crippen MR) is 112 cm³/mol. The average Bonchev–Trinajstić information content (AvgIpc) is 2.99. The van der Waals surface area contributed by atoms with Crippen LogP contribution >= 0.6 is 0 Å². The Morgan fingerprint density at radius 1 is 1.30 bits per heavy atom. The van der Waals surface area contributed by atoms with Crippen molar-refractivity contribution in [2.75, 3.05) is 13.7 Å². The monoisotopic (exact) mass is 413 g/mol. The van der Waals surface area contributed by atoms with E-state index in [2.05, 4.69) is 10.4 Å². The molecule has 30 heavy (non-hydrogen) atoms. The minimum absolute atomic E-state index is 0.0983. The Kier molecular flexibility index (Phi) is 6.04. The zero-order chi connectivity index (χ0) is 21.1. The summed E-state index contributed by atoms with van der Waals surface area (Å²) in [6.07, 6.45) is 10.6. The molecule has 0 spiro atoms. The molecule has 1 aliphatic carbocycles. The summed E-state index contributed by atoms with van der Waals surface area (Å²) in [5.41, 5.74) is 7.56. The van der Waals surface area contributed by atoms with Crippen LogP contribution in [0.4, 0.5) is 0 Å². The van der Waals surface area contributed by atoms with Gasteiger partial charge in [-0.05, 0) is 43.7 Å². The lowest BCUT2D eigenvalue weighted by molar-refractivity contribution is -0.161. The van der Waals surface area contributed by atoms with E-state index in [1.807, 2.05) is 18.3 Å². The zero-order valence-electron chi connectivity index (χ0n) is 17.6. The van der Waals surface area contributed by atoms with Gasteiger partial charge in [0.1, 0.15) is 0 Å². The Labute approximate surface area is 176 Å². The SMILES string of the molecule is COC(=O)[C@@]1(Cc2ccc3nc([C@@H](N)C4CCCCCC4)cn3n2)CCCNC1=O. The lowest BCUT2D eigenvalue weighted by Crippen LogP contribution is -2.52. The van der Waals surface area contributed by atoms with Gasteiger partial charge in [-0.3, -0.25) is 9.59 Å². The number of rotatable bonds is 5. The molecule has 2 aromatic heterocycles. The van der Waals surface area contributed by atoms with Gasteiger partial charge in [-0.1, -0.05) is 25.7 Å². The maximum Gasteiger partial charge on any atom is 0.321 e. The smallest absolute Gasteiger partial charge is 0.321 e. The van der Waals surface area contributed by atoms with E-state index in [0.29, 0.717) is 24.6 Å². The Morgan fingerprint density at radius 2 is 2.07 bits per heavy atom. The van der Waals surface area contributed by atoms with Crippen LogP contribution in [0.25, 0.3) is 5.65 Å². The lowest BCUT2D eigenvalue weighted by Gasteiger charge is -2.33. The topological polar surface area (TPSA) is 112 Å². The molecule has 8 nitrogen and oxygen atoms in total. The van der Waals surface area contributed by atoms with E-state index in [-0.39, 0.29) is 18.4 Å². The quantitative estimate of drug-likeness (QED) is 0.442. The molecule has 8 heteroatoms. The molecule has 162 valence electrons. The van der Waals surface area contributed by atoms with Gasteiger partial charge in [0.15, 0.2) is 11.1 Å². The van der Waals surface area contributed by atoms with E-state index in [1.165, 1.54) is 32.8 Å². The van der Waals surface area contributed by atoms with Crippen LogP contribution in [0, 0.1) is 11.3 Å². The molecular formula is C22H31N5O3. The van der Waals surface area contributed by atoms with Gasteiger partial charge in [0, 0.05) is 13.0 Å². The van der Waals surface area contributed by atoms with Crippen molar-refractivity contribution in [3.63, 3.8) is 0 Å². The van der Waals surface area contributed by atoms with Gasteiger partial charge in [-0.2, -0.15) is 5.10 Å². The number of nitrogens with zero attached hydrogens (tertiary/aromatic N) is 3. The summed E-state index contributed by atoms with van der Waals surface area (Å²) in [6, 6.07) is 3.60. The Hall–Kier alpha value is -2.48. The van der Waals surface area contributed by atoms with E-state index < -0.39 is 11.4 Å². The van der Waals surface area contributed by atoms with Gasteiger partial charge in [0.2, 0.25) is 5.91 Å². The Balaban J connectivity index is 1.58. The van der Waals surface area contributed by atoms with Crippen LogP contribution in [0.3, 0.4) is 0 Å². The minimum Gasteiger partial charge on any atom is -0.468 e. The molecule has 0 aromatic carbocycles. The molecular weight excluding hydrogens is 382 g/mol. The number of hydrogen-bond donors (Lipinski definition) is 2. The first kappa shape index (κ1) is 20.8. The summed E-state index contributed by atoms with van der Waals surface area (Å²) in [7, 11) is 1.32. The van der Waals surface area contributed by atoms with Crippen LogP contribution < -0.4 is 11.1 Å². The predicted octanol–water partition coefficient (Wildman–Crippen LogP) is 2.31. The number of esters is 1. The van der Waals surface area contributed by atoms with Crippen LogP contribution in [0.2, 0.25) is 0 Å². The fraction of sp³-hybridized carbons (Fsp3) is 0.636. The molecule has 0 unspecified atom stereocenters. The molecule has 0 bridgehead atoms. The van der Waals surface area contributed by atoms with Crippen LogP contribution in [0.15, 0.2) is 18.3 Å². The number of carbonyl (C=O) groups is 2. The van der Waals surface area contributed by atoms with E-state index in [0.717, 1.165) is 30.6 Å². The third-order valence-corrected chi connectivity index (χ3v) is 6.70. The van der Waals surface area contributed by atoms with Crippen molar-refractivity contribution in [1.82, 2.24) is 19.9 Å². The molecule has 1 amide bonds. The van der Waals surface area contributed by atoms with Crippen molar-refractivity contribution in [2.45, 2.75) is 63.8 Å². The van der Waals surface area contributed by atoms with Gasteiger partial charge >= 0.3 is 5.97 Å². The van der Waals surface area contributed by atoms with E-state index in [1.54, 1.807) is 4.52 Å². The number of fused-ring (bicyclic) bond motifs is 1. The van der Waals surface area contributed by atoms with Crippen molar-refractivity contribution in [1.29, 1.82) is 0 Å². The molecule has 2 aromatic rings. The summed E-state index contributed by atoms with van der Waals surface area (Å²) in [5.74, 6) is -0.349. The van der Waals surface area contributed by atoms with Crippen LogP contribution in [-0.2, 0) is 20.7 Å². The first-order valence-corrected chi connectivity index (χ1v) is 11.0. The molecule has 2 aliphatic rings. The van der Waals surface area contributed by atoms with Crippen LogP contribution in [0.5, 0.6) is 0 Å². The molecule has 1 aliphatic heterocycles. The third-order valence-electron chi connectivity index (χ3n) is 6.70. The minimum atomic E-state index is -1.23. The van der Waals surface area contributed by atoms with Crippen molar-refractivity contribution >= 4 is 17.5 Å². The maximum atomic E-state index is 12.6. The van der Waals surface area contributed by atoms with Gasteiger partial charge in [-0.15, -0.1) is 0 Å². The zero-order valence-corrected chi connectivity index (χ0v) is 17.6. The summed E-state index contributed by atoms with van der Waals surface area (Å²) < 4.78 is 6.69. The highest BCUT2D eigenvalue weighted by Crippen LogP contribution is 2.34. The average molecular weight is 414 g/mol. The molecule has 2 atom stereocenters. The number of ether oxygens (including phenoxy) is 1. The molecule has 1 saturated heterocycles. The molecule has 2 fully saturated rings. The van der Waals surface area contributed by atoms with Crippen molar-refractivity contribution in [2.24, 2.45) is 17.1 Å². The number of methoxy groups -OCH3 is 1. The fourth-order valence-corrected chi connectivity index (χ4v) is 4.92. The van der Waals surface area contributed by atoms with Crippen LogP contribution in [0.1, 0.15) is 68.8 Å². The first-order valence-electron chi connectivity index (χ1n) is 11.0. The Bertz CT molecular complexity index is 909. The summed E-state index contributed by atoms with van der Waals surface area (Å²) in [5, 5.41) is 7.45. The molecule has 0 radical (unpaired) electrons. The number of carbonyl (C=O) groups excluding carboxylic acids is 2. The molecule has 4 rings (SSSR count). The standard InChI is InChI=1S/C22H31N5O3/c1-30-21(29)22(11-6-12-24-20(22)28)13-16-9-10-18-25-17(14-27(18)26-16)19(23)15-7-4-2-3-5-8-15/h9-10,14-15,19H,2-8,11-13,23H2,1H3,(H,24,28)/t19-,22+/m0/s1. The second kappa shape index (κ2) is 8.71. The van der Waals surface area contributed by atoms with Gasteiger partial charge < -0.3 is 15.8 Å². The van der Waals surface area contributed by atoms with Gasteiger partial charge in [0.05, 0.1) is 30.7 Å². The van der Waals surface area contributed by atoms with Gasteiger partial charge in [-0.25, -0.2) is 9.50 Å². The fourth-order valence-electron chi connectivity index (χ4n) is 4.92. The highest BCUT2D eigenvalue weighted by Gasteiger charge is 2.48. The summed E-state index contributed by atoms with van der Waals surface area (Å²) >= 11 is 0. The van der Waals surface area contributed by atoms with E-state index in [4.69, 9.17) is 15.5 Å². The second-order valence-corrected chi connectivity index (χ2v) is 8.68. The number of nitrogens with one attached hydrogen (secondary N) is 1. The van der Waals surface area contributed by atoms with Gasteiger partial charge in [0.25, 0.3) is 0 Å². The number of imidazole rings is 1. The molecule has 3 heterocycles. The highest BCUT2D eigenvalue weighted by atomic mass is 16.5. The first-order chi connectivity index (χ1) is 14.5. The number of piperidine rings is 1. The number of amides is 1. The lowest BCUT2D eigenvalue weighted by atomic mass is 9.76. The van der Waals surface area contributed by atoms with E-state index >= 15 is 0 Å². The summed E-state index contributed by atoms with van der Waals surface area (Å²) in [6.45, 7) is 0.577. The largest absolute Gasteiger partial charge is 0.468 e. The number of nitrogens with two attached hydrogens (primary N) is 1. The molecule has 3 N–H and O–H groups in total. The normalized spacial score (nSPS) is 24.3. The van der Waals surface area contributed by atoms with E-state index in [9.17, 15) is 9.59 Å². The molecule has 1 saturated carbocycles. The highest BCUT2D eigenvalue weighted by molar-refractivity contribution is 6.03. The second-order valence-electron chi connectivity index (χ2n) is 8.68. The number of hydrogen-bond acceptors (Lipinski definition) is 6. The van der Waals surface area contributed by atoms with Crippen molar-refractivity contribution < 1.29 is 14.3 Å². The summed E-state index contributed by atoms with van der Waals surface area (Å²) in [4.78, 5) is 29.8. The maximum absolute atomic E-state index is 12.6. The Morgan fingerprint density at radius 3 is 2.77 bits per heavy atom. The van der Waals surface area contributed by atoms with Crippen molar-refractivity contribution in [3.8, 4) is 0 Å². The van der Waals surface area contributed by atoms with Crippen LogP contribution in [-0.4, -0.2) is 40.1 Å². The third kappa shape index (κ3) is 3.93. The number of aromatic nitrogens is 3.